The quantitative estimate of drug-likeness (QED) is 0.807. The fourth-order valence-electron chi connectivity index (χ4n) is 2.19. The predicted octanol–water partition coefficient (Wildman–Crippen LogP) is 2.95. The van der Waals surface area contributed by atoms with E-state index >= 15 is 0 Å². The first-order valence-corrected chi connectivity index (χ1v) is 7.26. The van der Waals surface area contributed by atoms with E-state index in [0.717, 1.165) is 30.4 Å². The van der Waals surface area contributed by atoms with Crippen molar-refractivity contribution in [2.75, 3.05) is 0 Å². The minimum atomic E-state index is -0.0630. The van der Waals surface area contributed by atoms with Gasteiger partial charge in [0.2, 0.25) is 0 Å². The van der Waals surface area contributed by atoms with Gasteiger partial charge in [0.1, 0.15) is 5.82 Å². The Morgan fingerprint density at radius 1 is 1.32 bits per heavy atom. The zero-order chi connectivity index (χ0) is 13.2. The van der Waals surface area contributed by atoms with Gasteiger partial charge >= 0.3 is 0 Å². The lowest BCUT2D eigenvalue weighted by Gasteiger charge is -2.04. The van der Waals surface area contributed by atoms with Gasteiger partial charge in [0.25, 0.3) is 0 Å². The summed E-state index contributed by atoms with van der Waals surface area (Å²) in [5, 5.41) is 9.99. The van der Waals surface area contributed by atoms with Crippen molar-refractivity contribution in [2.45, 2.75) is 49.4 Å². The number of carbonyl (C=O) groups excluding carboxylic acids is 1. The highest BCUT2D eigenvalue weighted by Gasteiger charge is 2.17. The van der Waals surface area contributed by atoms with Crippen LogP contribution in [0.25, 0.3) is 0 Å². The summed E-state index contributed by atoms with van der Waals surface area (Å²) in [6.07, 6.45) is 4.57. The number of aryl methyl sites for hydroxylation is 1. The van der Waals surface area contributed by atoms with Crippen molar-refractivity contribution in [3.63, 3.8) is 0 Å². The van der Waals surface area contributed by atoms with Crippen LogP contribution in [0.5, 0.6) is 0 Å². The van der Waals surface area contributed by atoms with E-state index in [1.165, 1.54) is 31.5 Å². The Morgan fingerprint density at radius 3 is 3.00 bits per heavy atom. The summed E-state index contributed by atoms with van der Waals surface area (Å²) in [5.74, 6) is 1.38. The Kier molecular flexibility index (Phi) is 3.42. The molecule has 3 heterocycles. The maximum absolute atomic E-state index is 11.2. The molecule has 3 rings (SSSR count). The molecule has 2 aromatic rings. The predicted molar refractivity (Wildman–Crippen MR) is 70.4 cm³/mol. The van der Waals surface area contributed by atoms with Gasteiger partial charge in [-0.25, -0.2) is 0 Å². The van der Waals surface area contributed by atoms with E-state index in [-0.39, 0.29) is 5.78 Å². The summed E-state index contributed by atoms with van der Waals surface area (Å²) in [4.78, 5) is 11.2. The van der Waals surface area contributed by atoms with E-state index in [9.17, 15) is 4.79 Å². The van der Waals surface area contributed by atoms with Crippen LogP contribution >= 0.6 is 11.8 Å². The zero-order valence-electron chi connectivity index (χ0n) is 10.8. The van der Waals surface area contributed by atoms with Gasteiger partial charge in [0.05, 0.1) is 0 Å². The minimum absolute atomic E-state index is 0.0630. The summed E-state index contributed by atoms with van der Waals surface area (Å²) in [6, 6.07) is 3.50. The molecule has 2 aromatic heterocycles. The van der Waals surface area contributed by atoms with E-state index in [1.807, 2.05) is 0 Å². The molecule has 100 valence electrons. The number of rotatable bonds is 3. The summed E-state index contributed by atoms with van der Waals surface area (Å²) in [6.45, 7) is 2.46. The molecule has 0 amide bonds. The van der Waals surface area contributed by atoms with Crippen molar-refractivity contribution in [3.05, 3.63) is 23.7 Å². The van der Waals surface area contributed by atoms with Gasteiger partial charge in [-0.05, 0) is 36.7 Å². The van der Waals surface area contributed by atoms with Crippen LogP contribution in [0.4, 0.5) is 0 Å². The van der Waals surface area contributed by atoms with Crippen LogP contribution in [0.1, 0.15) is 42.6 Å². The number of Topliss-reactive ketones (excluding diaryl/α,β-unsaturated/α-hetero) is 1. The molecule has 0 bridgehead atoms. The fourth-order valence-corrected chi connectivity index (χ4v) is 3.02. The number of nitrogens with zero attached hydrogens (tertiary/aromatic N) is 3. The van der Waals surface area contributed by atoms with Crippen LogP contribution in [-0.2, 0) is 13.0 Å². The number of ketones is 1. The first-order chi connectivity index (χ1) is 9.24. The second-order valence-electron chi connectivity index (χ2n) is 4.64. The second-order valence-corrected chi connectivity index (χ2v) is 5.61. The van der Waals surface area contributed by atoms with Crippen LogP contribution in [-0.4, -0.2) is 20.5 Å². The monoisotopic (exact) mass is 277 g/mol. The number of aromatic nitrogens is 3. The van der Waals surface area contributed by atoms with Crippen molar-refractivity contribution in [1.29, 1.82) is 0 Å². The topological polar surface area (TPSA) is 60.9 Å². The van der Waals surface area contributed by atoms with Gasteiger partial charge in [-0.2, -0.15) is 0 Å². The van der Waals surface area contributed by atoms with E-state index in [0.29, 0.717) is 10.9 Å². The third kappa shape index (κ3) is 2.58. The third-order valence-corrected chi connectivity index (χ3v) is 4.10. The van der Waals surface area contributed by atoms with E-state index in [4.69, 9.17) is 4.42 Å². The lowest BCUT2D eigenvalue weighted by Crippen LogP contribution is -2.01. The molecular weight excluding hydrogens is 262 g/mol. The first-order valence-electron chi connectivity index (χ1n) is 6.45. The molecule has 0 saturated heterocycles. The van der Waals surface area contributed by atoms with Crippen molar-refractivity contribution >= 4 is 17.5 Å². The number of hydrogen-bond donors (Lipinski definition) is 0. The Balaban J connectivity index is 1.82. The van der Waals surface area contributed by atoms with Crippen LogP contribution in [0.2, 0.25) is 0 Å². The average molecular weight is 277 g/mol. The molecule has 0 unspecified atom stereocenters. The largest absolute Gasteiger partial charge is 0.446 e. The smallest absolute Gasteiger partial charge is 0.198 e. The van der Waals surface area contributed by atoms with Gasteiger partial charge in [-0.15, -0.1) is 10.2 Å². The summed E-state index contributed by atoms with van der Waals surface area (Å²) >= 11 is 1.43. The summed E-state index contributed by atoms with van der Waals surface area (Å²) in [5.41, 5.74) is 0. The van der Waals surface area contributed by atoms with Gasteiger partial charge in [0, 0.05) is 19.9 Å². The van der Waals surface area contributed by atoms with Gasteiger partial charge in [-0.1, -0.05) is 6.42 Å². The highest BCUT2D eigenvalue weighted by molar-refractivity contribution is 7.99. The minimum Gasteiger partial charge on any atom is -0.446 e. The van der Waals surface area contributed by atoms with Crippen LogP contribution in [0.3, 0.4) is 0 Å². The summed E-state index contributed by atoms with van der Waals surface area (Å²) < 4.78 is 7.63. The fraction of sp³-hybridized carbons (Fsp3) is 0.462. The molecule has 0 atom stereocenters. The molecule has 0 saturated carbocycles. The molecule has 6 heteroatoms. The van der Waals surface area contributed by atoms with Gasteiger partial charge in [-0.3, -0.25) is 4.79 Å². The average Bonchev–Trinajstić information content (AvgIpc) is 2.92. The number of furan rings is 1. The number of carbonyl (C=O) groups is 1. The molecular formula is C13H15N3O2S. The third-order valence-electron chi connectivity index (χ3n) is 3.20. The van der Waals surface area contributed by atoms with Crippen molar-refractivity contribution in [1.82, 2.24) is 14.8 Å². The SMILES string of the molecule is CC(=O)c1ccc(Sc2nnc3n2CCCCC3)o1. The molecule has 0 aromatic carbocycles. The molecule has 0 aliphatic carbocycles. The molecule has 0 spiro atoms. The molecule has 5 nitrogen and oxygen atoms in total. The van der Waals surface area contributed by atoms with Crippen LogP contribution < -0.4 is 0 Å². The van der Waals surface area contributed by atoms with Gasteiger partial charge in [0.15, 0.2) is 21.8 Å². The summed E-state index contributed by atoms with van der Waals surface area (Å²) in [7, 11) is 0. The maximum Gasteiger partial charge on any atom is 0.198 e. The molecule has 1 aliphatic heterocycles. The normalized spacial score (nSPS) is 15.0. The van der Waals surface area contributed by atoms with Crippen LogP contribution in [0, 0.1) is 0 Å². The Hall–Kier alpha value is -1.56. The highest BCUT2D eigenvalue weighted by Crippen LogP contribution is 2.30. The zero-order valence-corrected chi connectivity index (χ0v) is 11.6. The van der Waals surface area contributed by atoms with Crippen LogP contribution in [0.15, 0.2) is 26.8 Å². The molecule has 0 N–H and O–H groups in total. The lowest BCUT2D eigenvalue weighted by molar-refractivity contribution is 0.0982. The maximum atomic E-state index is 11.2. The van der Waals surface area contributed by atoms with Crippen molar-refractivity contribution in [3.8, 4) is 0 Å². The molecule has 1 aliphatic rings. The van der Waals surface area contributed by atoms with Crippen molar-refractivity contribution in [2.24, 2.45) is 0 Å². The second kappa shape index (κ2) is 5.21. The van der Waals surface area contributed by atoms with E-state index < -0.39 is 0 Å². The van der Waals surface area contributed by atoms with Crippen molar-refractivity contribution < 1.29 is 9.21 Å². The first kappa shape index (κ1) is 12.5. The lowest BCUT2D eigenvalue weighted by atomic mass is 10.2. The molecule has 19 heavy (non-hydrogen) atoms. The van der Waals surface area contributed by atoms with E-state index in [1.54, 1.807) is 12.1 Å². The Bertz CT molecular complexity index is 603. The Labute approximate surface area is 115 Å². The number of hydrogen-bond acceptors (Lipinski definition) is 5. The van der Waals surface area contributed by atoms with E-state index in [2.05, 4.69) is 14.8 Å². The highest BCUT2D eigenvalue weighted by atomic mass is 32.2. The standard InChI is InChI=1S/C13H15N3O2S/c1-9(17)10-6-7-12(18-10)19-13-15-14-11-5-3-2-4-8-16(11)13/h6-7H,2-5,8H2,1H3. The number of fused-ring (bicyclic) bond motifs is 1. The molecule has 0 radical (unpaired) electrons. The Morgan fingerprint density at radius 2 is 2.21 bits per heavy atom. The molecule has 0 fully saturated rings. The van der Waals surface area contributed by atoms with Gasteiger partial charge < -0.3 is 8.98 Å².